The third-order valence-corrected chi connectivity index (χ3v) is 2.70. The molecule has 0 amide bonds. The number of piperidine rings is 1. The molecule has 2 rings (SSSR count). The molecule has 0 aliphatic carbocycles. The van der Waals surface area contributed by atoms with Gasteiger partial charge in [0.25, 0.3) is 0 Å². The van der Waals surface area contributed by atoms with E-state index in [1.807, 2.05) is 0 Å². The third kappa shape index (κ3) is 1.29. The zero-order chi connectivity index (χ0) is 9.80. The van der Waals surface area contributed by atoms with E-state index in [0.717, 1.165) is 0 Å². The van der Waals surface area contributed by atoms with Crippen LogP contribution >= 0.6 is 0 Å². The van der Waals surface area contributed by atoms with Gasteiger partial charge in [0, 0.05) is 12.6 Å². The SMILES string of the molecule is O=C(O)[C@@H]1C[C@@H]2[C@H](C(F)(F)F)N2C1. The number of fused-ring (bicyclic) bond motifs is 1. The number of carbonyl (C=O) groups is 1. The number of aliphatic carboxylic acids is 1. The molecular formula is C7H8F3NO2. The van der Waals surface area contributed by atoms with E-state index < -0.39 is 30.1 Å². The van der Waals surface area contributed by atoms with E-state index in [1.165, 1.54) is 4.90 Å². The lowest BCUT2D eigenvalue weighted by Gasteiger charge is -2.11. The Morgan fingerprint density at radius 2 is 2.08 bits per heavy atom. The summed E-state index contributed by atoms with van der Waals surface area (Å²) < 4.78 is 36.3. The molecule has 3 nitrogen and oxygen atoms in total. The Morgan fingerprint density at radius 3 is 2.38 bits per heavy atom. The van der Waals surface area contributed by atoms with Crippen molar-refractivity contribution in [3.8, 4) is 0 Å². The quantitative estimate of drug-likeness (QED) is 0.626. The number of hydrogen-bond donors (Lipinski definition) is 1. The predicted octanol–water partition coefficient (Wildman–Crippen LogP) is 0.706. The van der Waals surface area contributed by atoms with Crippen LogP contribution in [0.2, 0.25) is 0 Å². The molecule has 2 aliphatic rings. The first kappa shape index (κ1) is 8.80. The Hall–Kier alpha value is -0.780. The van der Waals surface area contributed by atoms with Gasteiger partial charge in [-0.05, 0) is 6.42 Å². The van der Waals surface area contributed by atoms with E-state index in [1.54, 1.807) is 0 Å². The van der Waals surface area contributed by atoms with E-state index in [-0.39, 0.29) is 13.0 Å². The van der Waals surface area contributed by atoms with Crippen molar-refractivity contribution in [2.75, 3.05) is 6.54 Å². The lowest BCUT2D eigenvalue weighted by molar-refractivity contribution is -0.147. The summed E-state index contributed by atoms with van der Waals surface area (Å²) in [5.74, 6) is -1.60. The van der Waals surface area contributed by atoms with Crippen LogP contribution in [-0.4, -0.2) is 40.8 Å². The summed E-state index contributed by atoms with van der Waals surface area (Å²) >= 11 is 0. The molecule has 6 heteroatoms. The van der Waals surface area contributed by atoms with Gasteiger partial charge in [0.2, 0.25) is 0 Å². The minimum atomic E-state index is -4.19. The van der Waals surface area contributed by atoms with Crippen LogP contribution in [0.4, 0.5) is 13.2 Å². The van der Waals surface area contributed by atoms with E-state index in [0.29, 0.717) is 0 Å². The van der Waals surface area contributed by atoms with Crippen LogP contribution in [0.15, 0.2) is 0 Å². The highest BCUT2D eigenvalue weighted by Gasteiger charge is 2.66. The number of rotatable bonds is 1. The fraction of sp³-hybridized carbons (Fsp3) is 0.857. The highest BCUT2D eigenvalue weighted by Crippen LogP contribution is 2.48. The van der Waals surface area contributed by atoms with Crippen molar-refractivity contribution in [3.63, 3.8) is 0 Å². The van der Waals surface area contributed by atoms with Gasteiger partial charge in [-0.3, -0.25) is 9.69 Å². The molecule has 0 aromatic rings. The lowest BCUT2D eigenvalue weighted by Crippen LogP contribution is -2.29. The van der Waals surface area contributed by atoms with E-state index in [9.17, 15) is 18.0 Å². The molecule has 0 saturated carbocycles. The molecular weight excluding hydrogens is 187 g/mol. The standard InChI is InChI=1S/C7H8F3NO2/c8-7(9,10)5-4-1-3(6(12)13)2-11(4)5/h3-5H,1-2H2,(H,12,13)/t3-,4-,5-,11?/m1/s1. The molecule has 2 saturated heterocycles. The van der Waals surface area contributed by atoms with Crippen LogP contribution < -0.4 is 0 Å². The number of carboxylic acids is 1. The Morgan fingerprint density at radius 1 is 1.46 bits per heavy atom. The second-order valence-electron chi connectivity index (χ2n) is 3.52. The molecule has 0 radical (unpaired) electrons. The smallest absolute Gasteiger partial charge is 0.405 e. The molecule has 0 aromatic carbocycles. The Kier molecular flexibility index (Phi) is 1.61. The molecule has 0 bridgehead atoms. The molecule has 1 N–H and O–H groups in total. The number of hydrogen-bond acceptors (Lipinski definition) is 2. The summed E-state index contributed by atoms with van der Waals surface area (Å²) in [6.07, 6.45) is -4.05. The molecule has 4 atom stereocenters. The van der Waals surface area contributed by atoms with Crippen LogP contribution in [0.5, 0.6) is 0 Å². The second kappa shape index (κ2) is 2.37. The molecule has 74 valence electrons. The average molecular weight is 195 g/mol. The molecule has 2 fully saturated rings. The van der Waals surface area contributed by atoms with Gasteiger partial charge < -0.3 is 5.11 Å². The van der Waals surface area contributed by atoms with Crippen molar-refractivity contribution in [2.45, 2.75) is 24.7 Å². The number of nitrogens with zero attached hydrogens (tertiary/aromatic N) is 1. The maximum atomic E-state index is 12.1. The predicted molar refractivity (Wildman–Crippen MR) is 36.1 cm³/mol. The average Bonchev–Trinajstić information content (AvgIpc) is 2.48. The van der Waals surface area contributed by atoms with Crippen LogP contribution in [0.25, 0.3) is 0 Å². The summed E-state index contributed by atoms with van der Waals surface area (Å²) in [4.78, 5) is 11.6. The van der Waals surface area contributed by atoms with Crippen LogP contribution in [-0.2, 0) is 4.79 Å². The van der Waals surface area contributed by atoms with Gasteiger partial charge in [0.15, 0.2) is 0 Å². The minimum absolute atomic E-state index is 0.0458. The maximum absolute atomic E-state index is 12.1. The minimum Gasteiger partial charge on any atom is -0.481 e. The Labute approximate surface area is 72.1 Å². The zero-order valence-electron chi connectivity index (χ0n) is 6.58. The van der Waals surface area contributed by atoms with Crippen molar-refractivity contribution in [3.05, 3.63) is 0 Å². The summed E-state index contributed by atoms with van der Waals surface area (Å²) in [5, 5.41) is 8.53. The molecule has 2 aliphatic heterocycles. The van der Waals surface area contributed by atoms with E-state index in [4.69, 9.17) is 5.11 Å². The van der Waals surface area contributed by atoms with Crippen molar-refractivity contribution in [1.82, 2.24) is 4.90 Å². The summed E-state index contributed by atoms with van der Waals surface area (Å²) in [6, 6.07) is -1.94. The largest absolute Gasteiger partial charge is 0.481 e. The van der Waals surface area contributed by atoms with Gasteiger partial charge in [0.05, 0.1) is 5.92 Å². The first-order chi connectivity index (χ1) is 5.91. The van der Waals surface area contributed by atoms with Gasteiger partial charge in [-0.2, -0.15) is 13.2 Å². The highest BCUT2D eigenvalue weighted by atomic mass is 19.4. The third-order valence-electron chi connectivity index (χ3n) is 2.70. The van der Waals surface area contributed by atoms with Gasteiger partial charge >= 0.3 is 12.1 Å². The number of halogens is 3. The Balaban J connectivity index is 1.94. The number of carboxylic acid groups (broad SMARTS) is 1. The first-order valence-electron chi connectivity index (χ1n) is 3.96. The summed E-state index contributed by atoms with van der Waals surface area (Å²) in [5.41, 5.74) is 0. The fourth-order valence-electron chi connectivity index (χ4n) is 2.05. The second-order valence-corrected chi connectivity index (χ2v) is 3.52. The summed E-state index contributed by atoms with van der Waals surface area (Å²) in [7, 11) is 0. The molecule has 13 heavy (non-hydrogen) atoms. The Bertz CT molecular complexity index is 241. The van der Waals surface area contributed by atoms with E-state index >= 15 is 0 Å². The van der Waals surface area contributed by atoms with Gasteiger partial charge in [0.1, 0.15) is 6.04 Å². The van der Waals surface area contributed by atoms with Crippen molar-refractivity contribution in [2.24, 2.45) is 5.92 Å². The highest BCUT2D eigenvalue weighted by molar-refractivity contribution is 5.71. The first-order valence-corrected chi connectivity index (χ1v) is 3.96. The summed E-state index contributed by atoms with van der Waals surface area (Å²) in [6.45, 7) is 0.0458. The molecule has 0 spiro atoms. The topological polar surface area (TPSA) is 40.3 Å². The molecule has 2 heterocycles. The molecule has 0 aromatic heterocycles. The van der Waals surface area contributed by atoms with Crippen molar-refractivity contribution in [1.29, 1.82) is 0 Å². The van der Waals surface area contributed by atoms with E-state index in [2.05, 4.69) is 0 Å². The zero-order valence-corrected chi connectivity index (χ0v) is 6.58. The van der Waals surface area contributed by atoms with Crippen LogP contribution in [0, 0.1) is 5.92 Å². The van der Waals surface area contributed by atoms with Crippen molar-refractivity contribution >= 4 is 5.97 Å². The van der Waals surface area contributed by atoms with Gasteiger partial charge in [-0.1, -0.05) is 0 Å². The van der Waals surface area contributed by atoms with Gasteiger partial charge in [-0.15, -0.1) is 0 Å². The van der Waals surface area contributed by atoms with Gasteiger partial charge in [-0.25, -0.2) is 0 Å². The monoisotopic (exact) mass is 195 g/mol. The lowest BCUT2D eigenvalue weighted by atomic mass is 10.0. The maximum Gasteiger partial charge on any atom is 0.405 e. The van der Waals surface area contributed by atoms with Crippen molar-refractivity contribution < 1.29 is 23.1 Å². The molecule has 1 unspecified atom stereocenters. The van der Waals surface area contributed by atoms with Crippen LogP contribution in [0.1, 0.15) is 6.42 Å². The normalized spacial score (nSPS) is 43.0. The number of alkyl halides is 3. The van der Waals surface area contributed by atoms with Crippen LogP contribution in [0.3, 0.4) is 0 Å². The fourth-order valence-corrected chi connectivity index (χ4v) is 2.05.